The van der Waals surface area contributed by atoms with Crippen molar-refractivity contribution in [2.45, 2.75) is 33.1 Å². The second-order valence-electron chi connectivity index (χ2n) is 7.33. The lowest BCUT2D eigenvalue weighted by molar-refractivity contribution is -0.129. The van der Waals surface area contributed by atoms with Crippen LogP contribution in [0.1, 0.15) is 29.1 Å². The maximum Gasteiger partial charge on any atom is 0.227 e. The van der Waals surface area contributed by atoms with Crippen molar-refractivity contribution < 1.29 is 9.32 Å². The Morgan fingerprint density at radius 1 is 1.25 bits per heavy atom. The number of nitrogens with zero attached hydrogens (tertiary/aromatic N) is 5. The normalized spacial score (nSPS) is 16.5. The second kappa shape index (κ2) is 7.88. The van der Waals surface area contributed by atoms with Crippen LogP contribution in [0, 0.1) is 19.8 Å². The molecule has 0 aliphatic carbocycles. The van der Waals surface area contributed by atoms with Gasteiger partial charge in [0.25, 0.3) is 0 Å². The predicted octanol–water partition coefficient (Wildman–Crippen LogP) is 2.78. The Balaban J connectivity index is 1.39. The van der Waals surface area contributed by atoms with Crippen molar-refractivity contribution in [1.82, 2.24) is 25.0 Å². The Labute approximate surface area is 163 Å². The fourth-order valence-electron chi connectivity index (χ4n) is 3.78. The Morgan fingerprint density at radius 3 is 2.89 bits per heavy atom. The van der Waals surface area contributed by atoms with Crippen molar-refractivity contribution in [3.05, 3.63) is 59.6 Å². The molecule has 7 heteroatoms. The molecule has 0 N–H and O–H groups in total. The minimum Gasteiger partial charge on any atom is -0.361 e. The number of hydrogen-bond acceptors (Lipinski definition) is 6. The molecule has 7 nitrogen and oxygen atoms in total. The Hall–Kier alpha value is -3.09. The molecule has 3 aromatic heterocycles. The average molecular weight is 377 g/mol. The van der Waals surface area contributed by atoms with E-state index in [-0.39, 0.29) is 5.91 Å². The van der Waals surface area contributed by atoms with E-state index in [0.29, 0.717) is 12.3 Å². The number of amides is 1. The summed E-state index contributed by atoms with van der Waals surface area (Å²) in [6.45, 7) is 5.34. The number of pyridine rings is 1. The molecule has 1 fully saturated rings. The minimum atomic E-state index is 0.158. The molecular formula is C21H23N5O2. The van der Waals surface area contributed by atoms with E-state index in [4.69, 9.17) is 9.51 Å². The van der Waals surface area contributed by atoms with Crippen LogP contribution in [-0.4, -0.2) is 44.0 Å². The van der Waals surface area contributed by atoms with Crippen LogP contribution in [0.25, 0.3) is 11.3 Å². The van der Waals surface area contributed by atoms with Gasteiger partial charge in [-0.05, 0) is 44.2 Å². The van der Waals surface area contributed by atoms with Crippen LogP contribution in [-0.2, 0) is 17.6 Å². The van der Waals surface area contributed by atoms with Gasteiger partial charge in [0.15, 0.2) is 0 Å². The molecule has 1 aliphatic rings. The zero-order valence-electron chi connectivity index (χ0n) is 16.1. The first-order valence-electron chi connectivity index (χ1n) is 9.51. The summed E-state index contributed by atoms with van der Waals surface area (Å²) in [7, 11) is 0. The highest BCUT2D eigenvalue weighted by Gasteiger charge is 2.27. The standard InChI is InChI=1S/C21H23N5O2/c1-14-21(15(2)28-25-14)19-12-23-11-18(24-19)8-17-5-7-26(13-17)20(27)9-16-4-3-6-22-10-16/h3-4,6,10-12,17H,5,7-9,13H2,1-2H3. The van der Waals surface area contributed by atoms with Crippen LogP contribution in [0.2, 0.25) is 0 Å². The maximum atomic E-state index is 12.6. The largest absolute Gasteiger partial charge is 0.361 e. The number of likely N-dealkylation sites (tertiary alicyclic amines) is 1. The van der Waals surface area contributed by atoms with Crippen molar-refractivity contribution in [3.63, 3.8) is 0 Å². The monoisotopic (exact) mass is 377 g/mol. The third kappa shape index (κ3) is 3.93. The average Bonchev–Trinajstić information content (AvgIpc) is 3.29. The Kier molecular flexibility index (Phi) is 5.14. The van der Waals surface area contributed by atoms with Gasteiger partial charge in [0, 0.05) is 31.7 Å². The van der Waals surface area contributed by atoms with Gasteiger partial charge >= 0.3 is 0 Å². The smallest absolute Gasteiger partial charge is 0.227 e. The summed E-state index contributed by atoms with van der Waals surface area (Å²) < 4.78 is 5.25. The molecule has 28 heavy (non-hydrogen) atoms. The van der Waals surface area contributed by atoms with Gasteiger partial charge in [0.2, 0.25) is 5.91 Å². The van der Waals surface area contributed by atoms with E-state index in [2.05, 4.69) is 15.1 Å². The maximum absolute atomic E-state index is 12.6. The van der Waals surface area contributed by atoms with Gasteiger partial charge in [0.1, 0.15) is 5.76 Å². The molecule has 1 amide bonds. The van der Waals surface area contributed by atoms with Gasteiger partial charge in [-0.3, -0.25) is 14.8 Å². The topological polar surface area (TPSA) is 85.0 Å². The summed E-state index contributed by atoms with van der Waals surface area (Å²) >= 11 is 0. The van der Waals surface area contributed by atoms with Crippen molar-refractivity contribution >= 4 is 5.91 Å². The van der Waals surface area contributed by atoms with Gasteiger partial charge in [-0.15, -0.1) is 0 Å². The molecule has 1 saturated heterocycles. The lowest BCUT2D eigenvalue weighted by Gasteiger charge is -2.16. The van der Waals surface area contributed by atoms with Crippen molar-refractivity contribution in [2.24, 2.45) is 5.92 Å². The Morgan fingerprint density at radius 2 is 2.14 bits per heavy atom. The number of aryl methyl sites for hydroxylation is 2. The predicted molar refractivity (Wildman–Crippen MR) is 103 cm³/mol. The molecule has 1 unspecified atom stereocenters. The zero-order valence-corrected chi connectivity index (χ0v) is 16.1. The number of carbonyl (C=O) groups is 1. The summed E-state index contributed by atoms with van der Waals surface area (Å²) in [5.41, 5.74) is 4.40. The van der Waals surface area contributed by atoms with Crippen LogP contribution < -0.4 is 0 Å². The minimum absolute atomic E-state index is 0.158. The first-order chi connectivity index (χ1) is 13.6. The fraction of sp³-hybridized carbons (Fsp3) is 0.381. The molecule has 1 atom stereocenters. The molecule has 3 aromatic rings. The van der Waals surface area contributed by atoms with Gasteiger partial charge in [-0.2, -0.15) is 0 Å². The molecule has 0 saturated carbocycles. The molecule has 144 valence electrons. The quantitative estimate of drug-likeness (QED) is 0.680. The summed E-state index contributed by atoms with van der Waals surface area (Å²) in [5, 5.41) is 4.00. The number of hydrogen-bond donors (Lipinski definition) is 0. The van der Waals surface area contributed by atoms with Crippen LogP contribution >= 0.6 is 0 Å². The molecular weight excluding hydrogens is 354 g/mol. The molecule has 4 heterocycles. The summed E-state index contributed by atoms with van der Waals surface area (Å²) in [6, 6.07) is 3.80. The highest BCUT2D eigenvalue weighted by molar-refractivity contribution is 5.79. The molecule has 0 aromatic carbocycles. The number of carbonyl (C=O) groups excluding carboxylic acids is 1. The molecule has 0 spiro atoms. The van der Waals surface area contributed by atoms with Crippen LogP contribution in [0.15, 0.2) is 41.4 Å². The van der Waals surface area contributed by atoms with Gasteiger partial charge in [-0.25, -0.2) is 4.98 Å². The highest BCUT2D eigenvalue weighted by atomic mass is 16.5. The van der Waals surface area contributed by atoms with E-state index >= 15 is 0 Å². The fourth-order valence-corrected chi connectivity index (χ4v) is 3.78. The third-order valence-corrected chi connectivity index (χ3v) is 5.19. The lowest BCUT2D eigenvalue weighted by Crippen LogP contribution is -2.30. The zero-order chi connectivity index (χ0) is 19.5. The van der Waals surface area contributed by atoms with Gasteiger partial charge in [-0.1, -0.05) is 11.2 Å². The van der Waals surface area contributed by atoms with Gasteiger partial charge < -0.3 is 9.42 Å². The third-order valence-electron chi connectivity index (χ3n) is 5.19. The Bertz CT molecular complexity index is 950. The SMILES string of the molecule is Cc1noc(C)c1-c1cncc(CC2CCN(C(=O)Cc3cccnc3)C2)n1. The van der Waals surface area contributed by atoms with E-state index < -0.39 is 0 Å². The summed E-state index contributed by atoms with van der Waals surface area (Å²) in [4.78, 5) is 27.7. The van der Waals surface area contributed by atoms with E-state index in [9.17, 15) is 4.79 Å². The molecule has 0 radical (unpaired) electrons. The first kappa shape index (κ1) is 18.3. The van der Waals surface area contributed by atoms with Crippen molar-refractivity contribution in [3.8, 4) is 11.3 Å². The molecule has 1 aliphatic heterocycles. The molecule has 4 rings (SSSR count). The van der Waals surface area contributed by atoms with Crippen molar-refractivity contribution in [2.75, 3.05) is 13.1 Å². The van der Waals surface area contributed by atoms with E-state index in [0.717, 1.165) is 59.9 Å². The van der Waals surface area contributed by atoms with E-state index in [1.165, 1.54) is 0 Å². The summed E-state index contributed by atoms with van der Waals surface area (Å²) in [5.74, 6) is 1.30. The van der Waals surface area contributed by atoms with E-state index in [1.54, 1.807) is 18.6 Å². The highest BCUT2D eigenvalue weighted by Crippen LogP contribution is 2.26. The number of aromatic nitrogens is 4. The van der Waals surface area contributed by atoms with Gasteiger partial charge in [0.05, 0.1) is 35.3 Å². The molecule has 0 bridgehead atoms. The van der Waals surface area contributed by atoms with Crippen LogP contribution in [0.4, 0.5) is 0 Å². The first-order valence-corrected chi connectivity index (χ1v) is 9.51. The van der Waals surface area contributed by atoms with Crippen LogP contribution in [0.3, 0.4) is 0 Å². The van der Waals surface area contributed by atoms with Crippen molar-refractivity contribution in [1.29, 1.82) is 0 Å². The van der Waals surface area contributed by atoms with Crippen LogP contribution in [0.5, 0.6) is 0 Å². The second-order valence-corrected chi connectivity index (χ2v) is 7.33. The van der Waals surface area contributed by atoms with E-state index in [1.807, 2.05) is 37.1 Å². The number of rotatable bonds is 5. The summed E-state index contributed by atoms with van der Waals surface area (Å²) in [6.07, 6.45) is 9.22. The lowest BCUT2D eigenvalue weighted by atomic mass is 10.0.